The van der Waals surface area contributed by atoms with Gasteiger partial charge in [-0.1, -0.05) is 19.1 Å². The molecule has 2 aromatic heterocycles. The van der Waals surface area contributed by atoms with Crippen molar-refractivity contribution in [3.05, 3.63) is 40.5 Å². The van der Waals surface area contributed by atoms with E-state index in [4.69, 9.17) is 5.73 Å². The third kappa shape index (κ3) is 2.04. The number of aryl methyl sites for hydroxylation is 2. The maximum Gasteiger partial charge on any atom is 0.166 e. The lowest BCUT2D eigenvalue weighted by Crippen LogP contribution is -1.98. The molecular weight excluding hydrogens is 273 g/mol. The van der Waals surface area contributed by atoms with Gasteiger partial charge in [-0.2, -0.15) is 0 Å². The summed E-state index contributed by atoms with van der Waals surface area (Å²) in [6, 6.07) is 7.20. The van der Waals surface area contributed by atoms with Gasteiger partial charge >= 0.3 is 0 Å². The van der Waals surface area contributed by atoms with Gasteiger partial charge in [-0.3, -0.25) is 0 Å². The molecule has 0 aliphatic carbocycles. The lowest BCUT2D eigenvalue weighted by atomic mass is 10.1. The molecule has 0 aliphatic rings. The first kappa shape index (κ1) is 13.0. The predicted molar refractivity (Wildman–Crippen MR) is 81.3 cm³/mol. The molecule has 0 spiro atoms. The number of hydrogen-bond acceptors (Lipinski definition) is 4. The SMILES string of the molecule is CCc1cc2c(N)nc(-c3cccc(C)c3F)nc2s1. The molecule has 0 atom stereocenters. The van der Waals surface area contributed by atoms with Gasteiger partial charge in [0.1, 0.15) is 16.5 Å². The van der Waals surface area contributed by atoms with Gasteiger partial charge in [0.2, 0.25) is 0 Å². The summed E-state index contributed by atoms with van der Waals surface area (Å²) in [6.07, 6.45) is 0.925. The van der Waals surface area contributed by atoms with Crippen LogP contribution in [0.2, 0.25) is 0 Å². The summed E-state index contributed by atoms with van der Waals surface area (Å²) in [5, 5.41) is 0.851. The molecule has 3 aromatic rings. The van der Waals surface area contributed by atoms with E-state index in [0.717, 1.165) is 16.6 Å². The molecule has 0 saturated carbocycles. The molecule has 0 fully saturated rings. The van der Waals surface area contributed by atoms with Crippen molar-refractivity contribution in [3.8, 4) is 11.4 Å². The Hall–Kier alpha value is -2.01. The fourth-order valence-corrected chi connectivity index (χ4v) is 3.08. The minimum atomic E-state index is -0.293. The van der Waals surface area contributed by atoms with Gasteiger partial charge in [-0.05, 0) is 31.0 Å². The number of hydrogen-bond donors (Lipinski definition) is 1. The third-order valence-electron chi connectivity index (χ3n) is 3.25. The molecule has 2 heterocycles. The number of thiophene rings is 1. The van der Waals surface area contributed by atoms with Gasteiger partial charge in [0.05, 0.1) is 10.9 Å². The van der Waals surface area contributed by atoms with E-state index in [1.54, 1.807) is 36.5 Å². The summed E-state index contributed by atoms with van der Waals surface area (Å²) in [7, 11) is 0. The van der Waals surface area contributed by atoms with Crippen LogP contribution in [0.1, 0.15) is 17.4 Å². The van der Waals surface area contributed by atoms with Crippen molar-refractivity contribution in [1.29, 1.82) is 0 Å². The van der Waals surface area contributed by atoms with Gasteiger partial charge in [0.25, 0.3) is 0 Å². The van der Waals surface area contributed by atoms with Crippen LogP contribution in [-0.2, 0) is 6.42 Å². The normalized spacial score (nSPS) is 11.2. The number of benzene rings is 1. The first-order valence-electron chi connectivity index (χ1n) is 6.41. The van der Waals surface area contributed by atoms with Gasteiger partial charge in [-0.25, -0.2) is 14.4 Å². The molecule has 102 valence electrons. The summed E-state index contributed by atoms with van der Waals surface area (Å²) in [5.74, 6) is 0.459. The minimum absolute atomic E-state index is 0.293. The van der Waals surface area contributed by atoms with Crippen molar-refractivity contribution in [1.82, 2.24) is 9.97 Å². The minimum Gasteiger partial charge on any atom is -0.383 e. The van der Waals surface area contributed by atoms with Gasteiger partial charge in [-0.15, -0.1) is 11.3 Å². The number of rotatable bonds is 2. The summed E-state index contributed by atoms with van der Waals surface area (Å²) < 4.78 is 14.2. The summed E-state index contributed by atoms with van der Waals surface area (Å²) >= 11 is 1.58. The molecule has 1 aromatic carbocycles. The van der Waals surface area contributed by atoms with E-state index in [2.05, 4.69) is 16.9 Å². The number of aromatic nitrogens is 2. The highest BCUT2D eigenvalue weighted by Gasteiger charge is 2.14. The standard InChI is InChI=1S/C15H14FN3S/c1-3-9-7-11-13(17)18-14(19-15(11)20-9)10-6-4-5-8(2)12(10)16/h4-7H,3H2,1-2H3,(H2,17,18,19). The van der Waals surface area contributed by atoms with Gasteiger partial charge < -0.3 is 5.73 Å². The largest absolute Gasteiger partial charge is 0.383 e. The van der Waals surface area contributed by atoms with E-state index in [1.165, 1.54) is 4.88 Å². The number of fused-ring (bicyclic) bond motifs is 1. The molecule has 20 heavy (non-hydrogen) atoms. The third-order valence-corrected chi connectivity index (χ3v) is 4.43. The lowest BCUT2D eigenvalue weighted by Gasteiger charge is -2.05. The zero-order valence-corrected chi connectivity index (χ0v) is 12.1. The smallest absolute Gasteiger partial charge is 0.166 e. The Kier molecular flexibility index (Phi) is 3.14. The average Bonchev–Trinajstić information content (AvgIpc) is 2.85. The van der Waals surface area contributed by atoms with Crippen molar-refractivity contribution in [2.75, 3.05) is 5.73 Å². The number of nitrogens with two attached hydrogens (primary N) is 1. The Morgan fingerprint density at radius 1 is 1.30 bits per heavy atom. The monoisotopic (exact) mass is 287 g/mol. The van der Waals surface area contributed by atoms with E-state index < -0.39 is 0 Å². The molecule has 0 unspecified atom stereocenters. The molecule has 0 aliphatic heterocycles. The van der Waals surface area contributed by atoms with Crippen molar-refractivity contribution >= 4 is 27.4 Å². The maximum atomic E-state index is 14.2. The lowest BCUT2D eigenvalue weighted by molar-refractivity contribution is 0.621. The Balaban J connectivity index is 2.24. The van der Waals surface area contributed by atoms with Gasteiger partial charge in [0, 0.05) is 4.88 Å². The van der Waals surface area contributed by atoms with E-state index in [9.17, 15) is 4.39 Å². The van der Waals surface area contributed by atoms with E-state index in [-0.39, 0.29) is 5.82 Å². The second kappa shape index (κ2) is 4.83. The van der Waals surface area contributed by atoms with Crippen molar-refractivity contribution < 1.29 is 4.39 Å². The first-order valence-corrected chi connectivity index (χ1v) is 7.23. The molecule has 0 radical (unpaired) electrons. The Bertz CT molecular complexity index is 795. The maximum absolute atomic E-state index is 14.2. The highest BCUT2D eigenvalue weighted by atomic mass is 32.1. The highest BCUT2D eigenvalue weighted by Crippen LogP contribution is 2.31. The second-order valence-electron chi connectivity index (χ2n) is 4.65. The van der Waals surface area contributed by atoms with E-state index >= 15 is 0 Å². The summed E-state index contributed by atoms with van der Waals surface area (Å²) in [5.41, 5.74) is 6.95. The van der Waals surface area contributed by atoms with Crippen LogP contribution in [0, 0.1) is 12.7 Å². The van der Waals surface area contributed by atoms with Crippen LogP contribution < -0.4 is 5.73 Å². The molecule has 3 rings (SSSR count). The zero-order valence-electron chi connectivity index (χ0n) is 11.3. The van der Waals surface area contributed by atoms with Gasteiger partial charge in [0.15, 0.2) is 5.82 Å². The Morgan fingerprint density at radius 3 is 2.85 bits per heavy atom. The quantitative estimate of drug-likeness (QED) is 0.776. The molecule has 3 nitrogen and oxygen atoms in total. The molecule has 5 heteroatoms. The first-order chi connectivity index (χ1) is 9.60. The van der Waals surface area contributed by atoms with E-state index in [0.29, 0.717) is 22.8 Å². The zero-order chi connectivity index (χ0) is 14.3. The average molecular weight is 287 g/mol. The fraction of sp³-hybridized carbons (Fsp3) is 0.200. The summed E-state index contributed by atoms with van der Waals surface area (Å²) in [4.78, 5) is 10.7. The molecule has 0 bridgehead atoms. The fourth-order valence-electron chi connectivity index (χ4n) is 2.11. The van der Waals surface area contributed by atoms with Crippen molar-refractivity contribution in [3.63, 3.8) is 0 Å². The Labute approximate surface area is 120 Å². The number of halogens is 1. The molecule has 2 N–H and O–H groups in total. The van der Waals surface area contributed by atoms with Crippen LogP contribution >= 0.6 is 11.3 Å². The van der Waals surface area contributed by atoms with Crippen LogP contribution in [0.25, 0.3) is 21.6 Å². The Morgan fingerprint density at radius 2 is 2.10 bits per heavy atom. The molecule has 0 saturated heterocycles. The topological polar surface area (TPSA) is 51.8 Å². The van der Waals surface area contributed by atoms with Crippen molar-refractivity contribution in [2.24, 2.45) is 0 Å². The molecule has 0 amide bonds. The van der Waals surface area contributed by atoms with Crippen LogP contribution in [0.4, 0.5) is 10.2 Å². The highest BCUT2D eigenvalue weighted by molar-refractivity contribution is 7.18. The summed E-state index contributed by atoms with van der Waals surface area (Å²) in [6.45, 7) is 3.80. The molecular formula is C15H14FN3S. The number of nitrogens with zero attached hydrogens (tertiary/aromatic N) is 2. The predicted octanol–water partition coefficient (Wildman–Crippen LogP) is 3.95. The second-order valence-corrected chi connectivity index (χ2v) is 5.77. The van der Waals surface area contributed by atoms with Crippen molar-refractivity contribution in [2.45, 2.75) is 20.3 Å². The van der Waals surface area contributed by atoms with Crippen LogP contribution in [0.3, 0.4) is 0 Å². The number of nitrogen functional groups attached to an aromatic ring is 1. The van der Waals surface area contributed by atoms with E-state index in [1.807, 2.05) is 6.07 Å². The van der Waals surface area contributed by atoms with Crippen LogP contribution in [0.5, 0.6) is 0 Å². The van der Waals surface area contributed by atoms with Crippen LogP contribution in [0.15, 0.2) is 24.3 Å². The number of anilines is 1. The van der Waals surface area contributed by atoms with Crippen LogP contribution in [-0.4, -0.2) is 9.97 Å².